The Morgan fingerprint density at radius 3 is 2.51 bits per heavy atom. The predicted molar refractivity (Wildman–Crippen MR) is 140 cm³/mol. The van der Waals surface area contributed by atoms with Gasteiger partial charge in [-0.25, -0.2) is 9.97 Å². The zero-order valence-corrected chi connectivity index (χ0v) is 22.3. The number of carbonyl (C=O) groups excluding carboxylic acids is 1. The fraction of sp³-hybridized carbons (Fsp3) is 0.375. The number of nitrogens with zero attached hydrogens (tertiary/aromatic N) is 2. The van der Waals surface area contributed by atoms with Crippen LogP contribution in [0.4, 0.5) is 18.9 Å². The first-order chi connectivity index (χ1) is 16.5. The van der Waals surface area contributed by atoms with Crippen molar-refractivity contribution in [3.05, 3.63) is 61.5 Å². The number of amides is 1. The zero-order valence-electron chi connectivity index (χ0n) is 18.6. The normalized spacial score (nSPS) is 19.4. The Balaban J connectivity index is 1.43. The van der Waals surface area contributed by atoms with Crippen molar-refractivity contribution in [3.8, 4) is 0 Å². The van der Waals surface area contributed by atoms with Gasteiger partial charge < -0.3 is 10.6 Å². The van der Waals surface area contributed by atoms with Crippen molar-refractivity contribution in [2.24, 2.45) is 5.92 Å². The van der Waals surface area contributed by atoms with Gasteiger partial charge in [0.1, 0.15) is 10.8 Å². The summed E-state index contributed by atoms with van der Waals surface area (Å²) in [7, 11) is 0. The van der Waals surface area contributed by atoms with Crippen molar-refractivity contribution >= 4 is 68.3 Å². The molecule has 35 heavy (non-hydrogen) atoms. The summed E-state index contributed by atoms with van der Waals surface area (Å²) in [6.07, 6.45) is 0.137. The van der Waals surface area contributed by atoms with Crippen LogP contribution in [0, 0.1) is 9.49 Å². The molecule has 11 heteroatoms. The van der Waals surface area contributed by atoms with Gasteiger partial charge in [-0.15, -0.1) is 0 Å². The van der Waals surface area contributed by atoms with Crippen molar-refractivity contribution in [1.82, 2.24) is 15.3 Å². The van der Waals surface area contributed by atoms with E-state index in [-0.39, 0.29) is 34.6 Å². The van der Waals surface area contributed by atoms with Crippen LogP contribution < -0.4 is 10.6 Å². The monoisotopic (exact) mass is 636 g/mol. The minimum Gasteiger partial charge on any atom is -0.382 e. The molecule has 186 valence electrons. The number of anilines is 1. The average Bonchev–Trinajstić information content (AvgIpc) is 2.79. The smallest absolute Gasteiger partial charge is 0.382 e. The number of hydrogen-bond donors (Lipinski definition) is 2. The zero-order chi connectivity index (χ0) is 25.3. The summed E-state index contributed by atoms with van der Waals surface area (Å²) in [6, 6.07) is 7.32. The molecule has 2 heterocycles. The third-order valence-corrected chi connectivity index (χ3v) is 7.76. The predicted octanol–water partition coefficient (Wildman–Crippen LogP) is 7.35. The van der Waals surface area contributed by atoms with Crippen molar-refractivity contribution in [2.45, 2.75) is 50.9 Å². The van der Waals surface area contributed by atoms with Crippen LogP contribution >= 0.6 is 45.8 Å². The van der Waals surface area contributed by atoms with E-state index in [0.29, 0.717) is 21.7 Å². The van der Waals surface area contributed by atoms with E-state index in [1.54, 1.807) is 18.3 Å². The number of nitrogens with one attached hydrogen (secondary N) is 2. The lowest BCUT2D eigenvalue weighted by Gasteiger charge is -2.33. The van der Waals surface area contributed by atoms with Crippen LogP contribution in [0.2, 0.25) is 10.2 Å². The topological polar surface area (TPSA) is 66.9 Å². The van der Waals surface area contributed by atoms with Gasteiger partial charge in [-0.1, -0.05) is 23.2 Å². The number of pyridine rings is 2. The SMILES string of the molecule is C[C@H](Nc1cc(C(F)(F)F)nc2ccc(Cl)cc12)C1CCC(NC(=O)c2c(I)ccnc2Cl)CC1. The lowest BCUT2D eigenvalue weighted by molar-refractivity contribution is -0.140. The molecule has 0 spiro atoms. The molecule has 0 unspecified atom stereocenters. The molecule has 0 aliphatic heterocycles. The lowest BCUT2D eigenvalue weighted by Crippen LogP contribution is -2.40. The molecule has 1 aliphatic rings. The van der Waals surface area contributed by atoms with Gasteiger partial charge in [0.05, 0.1) is 11.1 Å². The number of benzene rings is 1. The molecule has 1 aliphatic carbocycles. The summed E-state index contributed by atoms with van der Waals surface area (Å²) >= 11 is 14.3. The molecule has 0 radical (unpaired) electrons. The van der Waals surface area contributed by atoms with Crippen LogP contribution in [-0.2, 0) is 6.18 Å². The molecule has 4 rings (SSSR count). The van der Waals surface area contributed by atoms with Crippen molar-refractivity contribution in [3.63, 3.8) is 0 Å². The highest BCUT2D eigenvalue weighted by molar-refractivity contribution is 14.1. The van der Waals surface area contributed by atoms with E-state index in [9.17, 15) is 18.0 Å². The molecule has 2 aromatic heterocycles. The van der Waals surface area contributed by atoms with E-state index < -0.39 is 11.9 Å². The number of halogens is 6. The van der Waals surface area contributed by atoms with Crippen LogP contribution in [0.15, 0.2) is 36.5 Å². The largest absolute Gasteiger partial charge is 0.433 e. The summed E-state index contributed by atoms with van der Waals surface area (Å²) in [5, 5.41) is 7.46. The summed E-state index contributed by atoms with van der Waals surface area (Å²) < 4.78 is 41.0. The molecular formula is C24H22Cl2F3IN4O. The van der Waals surface area contributed by atoms with Crippen LogP contribution in [0.1, 0.15) is 48.7 Å². The van der Waals surface area contributed by atoms with Gasteiger partial charge in [0.25, 0.3) is 5.91 Å². The van der Waals surface area contributed by atoms with Crippen LogP contribution in [-0.4, -0.2) is 28.0 Å². The molecule has 2 N–H and O–H groups in total. The highest BCUT2D eigenvalue weighted by Crippen LogP contribution is 2.36. The maximum atomic E-state index is 13.4. The first-order valence-electron chi connectivity index (χ1n) is 11.1. The van der Waals surface area contributed by atoms with Gasteiger partial charge in [-0.3, -0.25) is 4.79 Å². The standard InChI is InChI=1S/C24H22Cl2F3IN4O/c1-12(32-19-11-20(24(27,28)29)34-18-7-4-14(25)10-16(18)19)13-2-5-15(6-3-13)33-23(35)21-17(30)8-9-31-22(21)26/h4,7-13,15H,2-3,5-6H2,1H3,(H,32,34)(H,33,35)/t12-,13?,15?/m0/s1. The van der Waals surface area contributed by atoms with Crippen molar-refractivity contribution < 1.29 is 18.0 Å². The quantitative estimate of drug-likeness (QED) is 0.227. The Morgan fingerprint density at radius 2 is 1.86 bits per heavy atom. The molecule has 1 saturated carbocycles. The fourth-order valence-corrected chi connectivity index (χ4v) is 5.70. The number of hydrogen-bond acceptors (Lipinski definition) is 4. The van der Waals surface area contributed by atoms with Crippen LogP contribution in [0.25, 0.3) is 10.9 Å². The first-order valence-corrected chi connectivity index (χ1v) is 12.9. The maximum absolute atomic E-state index is 13.4. The molecule has 1 amide bonds. The molecule has 1 aromatic carbocycles. The fourth-order valence-electron chi connectivity index (χ4n) is 4.46. The second kappa shape index (κ2) is 10.6. The Bertz CT molecular complexity index is 1230. The summed E-state index contributed by atoms with van der Waals surface area (Å²) in [4.78, 5) is 20.5. The van der Waals surface area contributed by atoms with Crippen LogP contribution in [0.5, 0.6) is 0 Å². The third-order valence-electron chi connectivity index (χ3n) is 6.34. The summed E-state index contributed by atoms with van der Waals surface area (Å²) in [6.45, 7) is 1.96. The molecule has 0 bridgehead atoms. The Morgan fingerprint density at radius 1 is 1.14 bits per heavy atom. The van der Waals surface area contributed by atoms with E-state index in [4.69, 9.17) is 23.2 Å². The minimum atomic E-state index is -4.56. The average molecular weight is 637 g/mol. The molecule has 3 aromatic rings. The maximum Gasteiger partial charge on any atom is 0.433 e. The van der Waals surface area contributed by atoms with Gasteiger partial charge >= 0.3 is 6.18 Å². The highest BCUT2D eigenvalue weighted by Gasteiger charge is 2.34. The number of carbonyl (C=O) groups is 1. The molecule has 1 fully saturated rings. The van der Waals surface area contributed by atoms with Gasteiger partial charge in [0.2, 0.25) is 0 Å². The number of alkyl halides is 3. The second-order valence-corrected chi connectivity index (χ2v) is 10.6. The highest BCUT2D eigenvalue weighted by atomic mass is 127. The second-order valence-electron chi connectivity index (χ2n) is 8.69. The van der Waals surface area contributed by atoms with E-state index in [1.807, 2.05) is 6.92 Å². The molecule has 5 nitrogen and oxygen atoms in total. The number of aromatic nitrogens is 2. The van der Waals surface area contributed by atoms with Gasteiger partial charge in [-0.05, 0) is 91.4 Å². The number of rotatable bonds is 5. The lowest BCUT2D eigenvalue weighted by atomic mass is 9.82. The Labute approximate surface area is 224 Å². The van der Waals surface area contributed by atoms with E-state index >= 15 is 0 Å². The van der Waals surface area contributed by atoms with Crippen molar-refractivity contribution in [2.75, 3.05) is 5.32 Å². The molecule has 1 atom stereocenters. The Hall–Kier alpha value is -1.85. The minimum absolute atomic E-state index is 0.00424. The van der Waals surface area contributed by atoms with Gasteiger partial charge in [-0.2, -0.15) is 13.2 Å². The van der Waals surface area contributed by atoms with E-state index in [0.717, 1.165) is 35.3 Å². The van der Waals surface area contributed by atoms with E-state index in [2.05, 4.69) is 43.2 Å². The number of fused-ring (bicyclic) bond motifs is 1. The molecular weight excluding hydrogens is 615 g/mol. The van der Waals surface area contributed by atoms with Gasteiger partial charge in [0, 0.05) is 37.9 Å². The molecule has 0 saturated heterocycles. The van der Waals surface area contributed by atoms with Crippen LogP contribution in [0.3, 0.4) is 0 Å². The van der Waals surface area contributed by atoms with E-state index in [1.165, 1.54) is 12.1 Å². The summed E-state index contributed by atoms with van der Waals surface area (Å²) in [5.41, 5.74) is 0.00958. The van der Waals surface area contributed by atoms with Crippen molar-refractivity contribution in [1.29, 1.82) is 0 Å². The Kier molecular flexibility index (Phi) is 7.97. The summed E-state index contributed by atoms with van der Waals surface area (Å²) in [5.74, 6) is -0.0241. The third kappa shape index (κ3) is 6.11. The van der Waals surface area contributed by atoms with Gasteiger partial charge in [0.15, 0.2) is 0 Å². The first kappa shape index (κ1) is 26.2.